The van der Waals surface area contributed by atoms with E-state index in [-0.39, 0.29) is 41.9 Å². The van der Waals surface area contributed by atoms with Crippen LogP contribution in [-0.4, -0.2) is 69.4 Å². The topological polar surface area (TPSA) is 96.2 Å². The van der Waals surface area contributed by atoms with Crippen LogP contribution in [0.3, 0.4) is 0 Å². The summed E-state index contributed by atoms with van der Waals surface area (Å²) in [5, 5.41) is 6.89. The van der Waals surface area contributed by atoms with Crippen LogP contribution >= 0.6 is 24.0 Å². The van der Waals surface area contributed by atoms with Crippen molar-refractivity contribution in [2.45, 2.75) is 57.6 Å². The number of furan rings is 1. The maximum absolute atomic E-state index is 12.1. The molecule has 1 aromatic heterocycles. The third kappa shape index (κ3) is 8.01. The van der Waals surface area contributed by atoms with Gasteiger partial charge >= 0.3 is 0 Å². The van der Waals surface area contributed by atoms with Gasteiger partial charge in [0.15, 0.2) is 5.96 Å². The van der Waals surface area contributed by atoms with Crippen LogP contribution in [0.5, 0.6) is 0 Å². The maximum atomic E-state index is 12.1. The monoisotopic (exact) mass is 554 g/mol. The maximum Gasteiger partial charge on any atom is 0.213 e. The van der Waals surface area contributed by atoms with E-state index in [0.29, 0.717) is 26.2 Å². The summed E-state index contributed by atoms with van der Waals surface area (Å²) in [6.45, 7) is 4.98. The summed E-state index contributed by atoms with van der Waals surface area (Å²) in [5.41, 5.74) is 0. The molecule has 0 radical (unpaired) electrons. The lowest BCUT2D eigenvalue weighted by molar-refractivity contribution is 0.0224. The first-order chi connectivity index (χ1) is 14.1. The van der Waals surface area contributed by atoms with E-state index in [1.54, 1.807) is 17.5 Å². The average molecular weight is 554 g/mol. The molecule has 0 saturated carbocycles. The van der Waals surface area contributed by atoms with Crippen molar-refractivity contribution < 1.29 is 17.6 Å². The van der Waals surface area contributed by atoms with Gasteiger partial charge in [0.05, 0.1) is 24.7 Å². The third-order valence-electron chi connectivity index (χ3n) is 5.52. The van der Waals surface area contributed by atoms with E-state index < -0.39 is 10.0 Å². The molecule has 10 heteroatoms. The van der Waals surface area contributed by atoms with Gasteiger partial charge in [0.1, 0.15) is 5.76 Å². The van der Waals surface area contributed by atoms with Crippen molar-refractivity contribution in [3.8, 4) is 0 Å². The number of halogens is 1. The molecule has 172 valence electrons. The Morgan fingerprint density at radius 3 is 2.70 bits per heavy atom. The summed E-state index contributed by atoms with van der Waals surface area (Å²) in [4.78, 5) is 4.75. The van der Waals surface area contributed by atoms with Gasteiger partial charge in [0.2, 0.25) is 10.0 Å². The molecule has 2 N–H and O–H groups in total. The molecule has 0 spiro atoms. The summed E-state index contributed by atoms with van der Waals surface area (Å²) >= 11 is 0. The summed E-state index contributed by atoms with van der Waals surface area (Å²) in [7, 11) is -3.10. The number of hydrogen-bond acceptors (Lipinski definition) is 5. The Morgan fingerprint density at radius 1 is 1.27 bits per heavy atom. The first kappa shape index (κ1) is 25.4. The number of nitrogens with one attached hydrogen (secondary N) is 2. The van der Waals surface area contributed by atoms with Gasteiger partial charge in [-0.25, -0.2) is 12.7 Å². The summed E-state index contributed by atoms with van der Waals surface area (Å²) < 4.78 is 36.9. The largest absolute Gasteiger partial charge is 0.469 e. The molecule has 2 aliphatic rings. The number of guanidine groups is 1. The van der Waals surface area contributed by atoms with E-state index >= 15 is 0 Å². The Balaban J connectivity index is 0.00000320. The highest BCUT2D eigenvalue weighted by molar-refractivity contribution is 14.0. The van der Waals surface area contributed by atoms with Gasteiger partial charge in [-0.1, -0.05) is 0 Å². The normalized spacial score (nSPS) is 21.8. The van der Waals surface area contributed by atoms with Gasteiger partial charge in [0.25, 0.3) is 0 Å². The van der Waals surface area contributed by atoms with E-state index in [1.807, 2.05) is 12.1 Å². The molecule has 1 unspecified atom stereocenters. The highest BCUT2D eigenvalue weighted by Gasteiger charge is 2.27. The van der Waals surface area contributed by atoms with Crippen molar-refractivity contribution in [3.63, 3.8) is 0 Å². The minimum Gasteiger partial charge on any atom is -0.469 e. The molecule has 0 bridgehead atoms. The Labute approximate surface area is 197 Å². The van der Waals surface area contributed by atoms with Crippen molar-refractivity contribution in [1.29, 1.82) is 0 Å². The zero-order valence-electron chi connectivity index (χ0n) is 17.7. The first-order valence-electron chi connectivity index (χ1n) is 10.7. The lowest BCUT2D eigenvalue weighted by atomic mass is 10.1. The molecule has 3 rings (SSSR count). The Hall–Kier alpha value is -0.850. The molecule has 2 saturated heterocycles. The molecule has 0 amide bonds. The smallest absolute Gasteiger partial charge is 0.213 e. The molecule has 0 aliphatic carbocycles. The number of rotatable bonds is 8. The molecule has 0 aromatic carbocycles. The van der Waals surface area contributed by atoms with Crippen LogP contribution in [0.2, 0.25) is 0 Å². The van der Waals surface area contributed by atoms with Crippen LogP contribution < -0.4 is 10.6 Å². The molecular formula is C20H35IN4O4S. The van der Waals surface area contributed by atoms with Crippen molar-refractivity contribution in [2.75, 3.05) is 38.5 Å². The van der Waals surface area contributed by atoms with E-state index in [2.05, 4.69) is 10.6 Å². The molecule has 30 heavy (non-hydrogen) atoms. The Bertz CT molecular complexity index is 728. The summed E-state index contributed by atoms with van der Waals surface area (Å²) in [5.74, 6) is 1.86. The molecule has 2 aliphatic heterocycles. The second-order valence-corrected chi connectivity index (χ2v) is 9.91. The number of sulfonamides is 1. The highest BCUT2D eigenvalue weighted by atomic mass is 127. The Morgan fingerprint density at radius 2 is 2.07 bits per heavy atom. The van der Waals surface area contributed by atoms with E-state index in [9.17, 15) is 8.42 Å². The second kappa shape index (κ2) is 12.9. The fourth-order valence-electron chi connectivity index (χ4n) is 3.71. The quantitative estimate of drug-likeness (QED) is 0.291. The molecular weight excluding hydrogens is 519 g/mol. The Kier molecular flexibility index (Phi) is 10.9. The first-order valence-corrected chi connectivity index (χ1v) is 12.3. The van der Waals surface area contributed by atoms with Crippen molar-refractivity contribution >= 4 is 40.0 Å². The van der Waals surface area contributed by atoms with Gasteiger partial charge in [-0.15, -0.1) is 24.0 Å². The van der Waals surface area contributed by atoms with Crippen LogP contribution in [0.1, 0.15) is 44.8 Å². The van der Waals surface area contributed by atoms with Gasteiger partial charge in [0, 0.05) is 38.7 Å². The molecule has 2 fully saturated rings. The lowest BCUT2D eigenvalue weighted by Crippen LogP contribution is -2.50. The number of aliphatic imine (C=N–C) groups is 1. The number of nitrogens with zero attached hydrogens (tertiary/aromatic N) is 2. The van der Waals surface area contributed by atoms with Crippen LogP contribution in [0.15, 0.2) is 27.8 Å². The fraction of sp³-hybridized carbons (Fsp3) is 0.750. The highest BCUT2D eigenvalue weighted by Crippen LogP contribution is 2.15. The van der Waals surface area contributed by atoms with Gasteiger partial charge in [-0.3, -0.25) is 4.99 Å². The molecule has 1 aromatic rings. The lowest BCUT2D eigenvalue weighted by Gasteiger charge is -2.32. The van der Waals surface area contributed by atoms with Crippen LogP contribution in [0.4, 0.5) is 0 Å². The van der Waals surface area contributed by atoms with Gasteiger partial charge < -0.3 is 19.8 Å². The standard InChI is InChI=1S/C20H34N4O4S.HI/c1-2-29(25,26)24-12-9-17(10-13-24)23-20(21-11-8-18-7-5-15-27-18)22-16-19-6-3-4-14-28-19;/h5,7,15,17,19H,2-4,6,8-14,16H2,1H3,(H2,21,22,23);1H. The second-order valence-electron chi connectivity index (χ2n) is 7.65. The van der Waals surface area contributed by atoms with Crippen molar-refractivity contribution in [2.24, 2.45) is 4.99 Å². The minimum absolute atomic E-state index is 0. The zero-order valence-corrected chi connectivity index (χ0v) is 20.9. The van der Waals surface area contributed by atoms with Gasteiger partial charge in [-0.2, -0.15) is 0 Å². The molecule has 1 atom stereocenters. The predicted molar refractivity (Wildman–Crippen MR) is 129 cm³/mol. The van der Waals surface area contributed by atoms with Crippen LogP contribution in [0.25, 0.3) is 0 Å². The minimum atomic E-state index is -3.10. The van der Waals surface area contributed by atoms with Crippen molar-refractivity contribution in [3.05, 3.63) is 24.2 Å². The summed E-state index contributed by atoms with van der Waals surface area (Å²) in [6.07, 6.45) is 7.57. The summed E-state index contributed by atoms with van der Waals surface area (Å²) in [6, 6.07) is 4.06. The predicted octanol–water partition coefficient (Wildman–Crippen LogP) is 2.36. The number of hydrogen-bond donors (Lipinski definition) is 2. The molecule has 3 heterocycles. The van der Waals surface area contributed by atoms with Gasteiger partial charge in [-0.05, 0) is 51.2 Å². The average Bonchev–Trinajstić information content (AvgIpc) is 3.26. The zero-order chi connectivity index (χ0) is 20.5. The van der Waals surface area contributed by atoms with Crippen LogP contribution in [0, 0.1) is 0 Å². The molecule has 8 nitrogen and oxygen atoms in total. The van der Waals surface area contributed by atoms with E-state index in [4.69, 9.17) is 14.1 Å². The SMILES string of the molecule is CCS(=O)(=O)N1CCC(NC(=NCC2CCCCO2)NCCc2ccco2)CC1.I. The van der Waals surface area contributed by atoms with Crippen molar-refractivity contribution in [1.82, 2.24) is 14.9 Å². The number of ether oxygens (including phenoxy) is 1. The third-order valence-corrected chi connectivity index (χ3v) is 7.41. The number of piperidine rings is 1. The van der Waals surface area contributed by atoms with E-state index in [0.717, 1.165) is 50.4 Å². The van der Waals surface area contributed by atoms with E-state index in [1.165, 1.54) is 6.42 Å². The van der Waals surface area contributed by atoms with Crippen LogP contribution in [-0.2, 0) is 21.2 Å². The fourth-order valence-corrected chi connectivity index (χ4v) is 4.84.